The highest BCUT2D eigenvalue weighted by molar-refractivity contribution is 4.50. The Morgan fingerprint density at radius 2 is 0.432 bits per heavy atom. The summed E-state index contributed by atoms with van der Waals surface area (Å²) in [6.45, 7) is 10.1. The molecule has 0 rings (SSSR count). The molecule has 0 fully saturated rings. The van der Waals surface area contributed by atoms with Crippen LogP contribution in [0.1, 0.15) is 168 Å². The van der Waals surface area contributed by atoms with Crippen molar-refractivity contribution in [3.8, 4) is 0 Å². The van der Waals surface area contributed by atoms with Crippen LogP contribution in [0, 0.1) is 0 Å². The summed E-state index contributed by atoms with van der Waals surface area (Å²) in [4.78, 5) is 0. The van der Waals surface area contributed by atoms with E-state index in [1.165, 1.54) is 189 Å². The minimum atomic E-state index is 0. The quantitative estimate of drug-likeness (QED) is 0.0624. The monoisotopic (exact) mass is 590 g/mol. The van der Waals surface area contributed by atoms with Gasteiger partial charge in [-0.1, -0.05) is 117 Å². The number of halogens is 1. The number of hydrogen-bond acceptors (Lipinski definition) is 0. The van der Waals surface area contributed by atoms with Gasteiger partial charge in [-0.3, -0.25) is 0 Å². The molecule has 0 aromatic rings. The summed E-state index contributed by atoms with van der Waals surface area (Å²) in [7, 11) is 9.83. The van der Waals surface area contributed by atoms with E-state index in [9.17, 15) is 0 Å². The standard InChI is InChI=1S/C34H74N2.BrH/c1-7-9-11-13-15-17-19-21-23-27-31-35(3,4)33-29-25-26-30-34-36(5,6)32-28-24-22-20-18-16-14-12-10-8-2;/h7-34H2,1-6H3;1H/q+2;/p-1. The lowest BCUT2D eigenvalue weighted by molar-refractivity contribution is -0.891. The Kier molecular flexibility index (Phi) is 29.9. The van der Waals surface area contributed by atoms with Crippen LogP contribution in [0.25, 0.3) is 0 Å². The molecule has 0 heterocycles. The summed E-state index contributed by atoms with van der Waals surface area (Å²) >= 11 is 0. The highest BCUT2D eigenvalue weighted by Crippen LogP contribution is 2.15. The lowest BCUT2D eigenvalue weighted by Crippen LogP contribution is -3.00. The first-order valence-corrected chi connectivity index (χ1v) is 17.0. The van der Waals surface area contributed by atoms with E-state index in [1.54, 1.807) is 0 Å². The van der Waals surface area contributed by atoms with Crippen LogP contribution >= 0.6 is 0 Å². The zero-order valence-electron chi connectivity index (χ0n) is 27.1. The van der Waals surface area contributed by atoms with E-state index in [-0.39, 0.29) is 17.0 Å². The molecule has 2 nitrogen and oxygen atoms in total. The molecule has 0 unspecified atom stereocenters. The van der Waals surface area contributed by atoms with Crippen molar-refractivity contribution in [2.24, 2.45) is 0 Å². The van der Waals surface area contributed by atoms with Gasteiger partial charge in [-0.05, 0) is 51.4 Å². The fraction of sp³-hybridized carbons (Fsp3) is 1.00. The van der Waals surface area contributed by atoms with E-state index in [1.807, 2.05) is 0 Å². The first-order valence-electron chi connectivity index (χ1n) is 17.0. The van der Waals surface area contributed by atoms with Crippen LogP contribution in [0.4, 0.5) is 0 Å². The molecule has 0 aliphatic rings. The maximum Gasteiger partial charge on any atom is 0.0782 e. The van der Waals surface area contributed by atoms with Crippen LogP contribution in [0.3, 0.4) is 0 Å². The predicted molar refractivity (Wildman–Crippen MR) is 166 cm³/mol. The lowest BCUT2D eigenvalue weighted by Gasteiger charge is -2.31. The Hall–Kier alpha value is 0.400. The molecule has 3 heteroatoms. The van der Waals surface area contributed by atoms with Crippen LogP contribution in [0.5, 0.6) is 0 Å². The van der Waals surface area contributed by atoms with Crippen molar-refractivity contribution in [1.29, 1.82) is 0 Å². The van der Waals surface area contributed by atoms with Crippen LogP contribution in [-0.4, -0.2) is 63.3 Å². The SMILES string of the molecule is CCCCCCCCCCCC[N+](C)(C)CCCCCC[N+](C)(C)CCCCCCCCCCCC.[Br-]. The molecule has 0 aromatic carbocycles. The zero-order valence-corrected chi connectivity index (χ0v) is 28.7. The second kappa shape index (κ2) is 27.9. The van der Waals surface area contributed by atoms with Crippen molar-refractivity contribution in [2.45, 2.75) is 168 Å². The van der Waals surface area contributed by atoms with Gasteiger partial charge < -0.3 is 25.9 Å². The molecule has 0 bridgehead atoms. The first-order chi connectivity index (χ1) is 17.3. The number of quaternary nitrogens is 2. The summed E-state index contributed by atoms with van der Waals surface area (Å²) in [5, 5.41) is 0. The van der Waals surface area contributed by atoms with E-state index in [2.05, 4.69) is 42.0 Å². The number of nitrogens with zero attached hydrogens (tertiary/aromatic N) is 2. The van der Waals surface area contributed by atoms with Crippen molar-refractivity contribution in [2.75, 3.05) is 54.4 Å². The number of rotatable bonds is 29. The largest absolute Gasteiger partial charge is 1.00 e. The van der Waals surface area contributed by atoms with Gasteiger partial charge in [0.15, 0.2) is 0 Å². The molecule has 0 spiro atoms. The van der Waals surface area contributed by atoms with Gasteiger partial charge in [0.1, 0.15) is 0 Å². The summed E-state index contributed by atoms with van der Waals surface area (Å²) in [5.41, 5.74) is 0. The van der Waals surface area contributed by atoms with E-state index in [0.717, 1.165) is 0 Å². The smallest absolute Gasteiger partial charge is 0.0782 e. The maximum atomic E-state index is 2.46. The van der Waals surface area contributed by atoms with Crippen LogP contribution in [-0.2, 0) is 0 Å². The van der Waals surface area contributed by atoms with Gasteiger partial charge in [-0.25, -0.2) is 0 Å². The second-order valence-corrected chi connectivity index (χ2v) is 13.5. The molecule has 0 atom stereocenters. The Labute approximate surface area is 247 Å². The van der Waals surface area contributed by atoms with Gasteiger partial charge in [-0.15, -0.1) is 0 Å². The number of hydrogen-bond donors (Lipinski definition) is 0. The van der Waals surface area contributed by atoms with E-state index in [4.69, 9.17) is 0 Å². The summed E-state index contributed by atoms with van der Waals surface area (Å²) < 4.78 is 2.47. The molecular formula is C34H74BrN2+. The van der Waals surface area contributed by atoms with E-state index < -0.39 is 0 Å². The van der Waals surface area contributed by atoms with Crippen LogP contribution < -0.4 is 17.0 Å². The molecule has 37 heavy (non-hydrogen) atoms. The fourth-order valence-corrected chi connectivity index (χ4v) is 5.71. The van der Waals surface area contributed by atoms with E-state index >= 15 is 0 Å². The molecule has 0 aliphatic heterocycles. The average Bonchev–Trinajstić information content (AvgIpc) is 2.83. The predicted octanol–water partition coefficient (Wildman–Crippen LogP) is 7.55. The third-order valence-corrected chi connectivity index (χ3v) is 8.51. The minimum Gasteiger partial charge on any atom is -1.00 e. The first kappa shape index (κ1) is 39.5. The maximum absolute atomic E-state index is 2.46. The average molecular weight is 591 g/mol. The summed E-state index contributed by atoms with van der Waals surface area (Å²) in [6, 6.07) is 0. The molecule has 0 radical (unpaired) electrons. The third-order valence-electron chi connectivity index (χ3n) is 8.51. The highest BCUT2D eigenvalue weighted by atomic mass is 79.9. The molecular weight excluding hydrogens is 516 g/mol. The van der Waals surface area contributed by atoms with Gasteiger partial charge >= 0.3 is 0 Å². The second-order valence-electron chi connectivity index (χ2n) is 13.5. The zero-order chi connectivity index (χ0) is 26.8. The molecule has 0 amide bonds. The van der Waals surface area contributed by atoms with Crippen LogP contribution in [0.15, 0.2) is 0 Å². The van der Waals surface area contributed by atoms with Gasteiger partial charge in [0, 0.05) is 0 Å². The van der Waals surface area contributed by atoms with Gasteiger partial charge in [0.25, 0.3) is 0 Å². The van der Waals surface area contributed by atoms with Crippen molar-refractivity contribution in [3.05, 3.63) is 0 Å². The molecule has 226 valence electrons. The van der Waals surface area contributed by atoms with E-state index in [0.29, 0.717) is 0 Å². The summed E-state index contributed by atoms with van der Waals surface area (Å²) in [6.07, 6.45) is 34.6. The number of unbranched alkanes of at least 4 members (excludes halogenated alkanes) is 21. The molecule has 0 aromatic heterocycles. The van der Waals surface area contributed by atoms with Crippen molar-refractivity contribution >= 4 is 0 Å². The van der Waals surface area contributed by atoms with Crippen LogP contribution in [0.2, 0.25) is 0 Å². The fourth-order valence-electron chi connectivity index (χ4n) is 5.71. The Morgan fingerprint density at radius 1 is 0.270 bits per heavy atom. The van der Waals surface area contributed by atoms with Crippen molar-refractivity contribution in [3.63, 3.8) is 0 Å². The highest BCUT2D eigenvalue weighted by Gasteiger charge is 2.15. The lowest BCUT2D eigenvalue weighted by atomic mass is 10.1. The summed E-state index contributed by atoms with van der Waals surface area (Å²) in [5.74, 6) is 0. The van der Waals surface area contributed by atoms with Gasteiger partial charge in [0.05, 0.1) is 54.4 Å². The molecule has 0 saturated heterocycles. The Balaban J connectivity index is 0. The third kappa shape index (κ3) is 30.8. The van der Waals surface area contributed by atoms with Crippen molar-refractivity contribution in [1.82, 2.24) is 0 Å². The normalized spacial score (nSPS) is 12.2. The topological polar surface area (TPSA) is 0 Å². The Bertz CT molecular complexity index is 396. The van der Waals surface area contributed by atoms with Crippen molar-refractivity contribution < 1.29 is 25.9 Å². The molecule has 0 saturated carbocycles. The van der Waals surface area contributed by atoms with Gasteiger partial charge in [0.2, 0.25) is 0 Å². The molecule has 0 aliphatic carbocycles. The molecule has 0 N–H and O–H groups in total. The minimum absolute atomic E-state index is 0. The van der Waals surface area contributed by atoms with Gasteiger partial charge in [-0.2, -0.15) is 0 Å². The Morgan fingerprint density at radius 3 is 0.622 bits per heavy atom.